The van der Waals surface area contributed by atoms with Crippen LogP contribution in [0.5, 0.6) is 0 Å². The van der Waals surface area contributed by atoms with Gasteiger partial charge in [-0.25, -0.2) is 0 Å². The number of hydrogen-bond acceptors (Lipinski definition) is 2. The molecule has 1 aliphatic rings. The van der Waals surface area contributed by atoms with E-state index in [0.29, 0.717) is 0 Å². The first kappa shape index (κ1) is 35.0. The largest absolute Gasteiger partial charge is 0.456 e. The Hall–Kier alpha value is -7.94. The predicted molar refractivity (Wildman–Crippen MR) is 254 cm³/mol. The van der Waals surface area contributed by atoms with Gasteiger partial charge in [0.05, 0.1) is 11.1 Å². The van der Waals surface area contributed by atoms with Gasteiger partial charge in [-0.15, -0.1) is 0 Å². The Kier molecular flexibility index (Phi) is 8.11. The van der Waals surface area contributed by atoms with Gasteiger partial charge in [-0.1, -0.05) is 194 Å². The van der Waals surface area contributed by atoms with E-state index in [0.717, 1.165) is 44.6 Å². The topological polar surface area (TPSA) is 16.4 Å². The zero-order valence-corrected chi connectivity index (χ0v) is 33.4. The van der Waals surface area contributed by atoms with E-state index >= 15 is 0 Å². The lowest BCUT2D eigenvalue weighted by atomic mass is 9.67. The number of hydrogen-bond donors (Lipinski definition) is 0. The third kappa shape index (κ3) is 5.43. The van der Waals surface area contributed by atoms with E-state index in [4.69, 9.17) is 4.42 Å². The van der Waals surface area contributed by atoms with E-state index in [1.54, 1.807) is 0 Å². The Labute approximate surface area is 355 Å². The Morgan fingerprint density at radius 3 is 1.67 bits per heavy atom. The number of rotatable bonds is 7. The highest BCUT2D eigenvalue weighted by Gasteiger charge is 2.46. The first-order valence-electron chi connectivity index (χ1n) is 21.0. The second kappa shape index (κ2) is 14.1. The van der Waals surface area contributed by atoms with Crippen LogP contribution in [-0.2, 0) is 5.41 Å². The summed E-state index contributed by atoms with van der Waals surface area (Å²) in [6.45, 7) is 0. The van der Waals surface area contributed by atoms with Crippen molar-refractivity contribution in [1.82, 2.24) is 0 Å². The van der Waals surface area contributed by atoms with E-state index in [-0.39, 0.29) is 0 Å². The molecule has 0 aliphatic heterocycles. The number of benzene rings is 10. The molecule has 0 saturated carbocycles. The minimum Gasteiger partial charge on any atom is -0.456 e. The van der Waals surface area contributed by atoms with Crippen LogP contribution in [0.3, 0.4) is 0 Å². The number of nitrogens with zero attached hydrogens (tertiary/aromatic N) is 1. The van der Waals surface area contributed by atoms with Crippen LogP contribution in [0, 0.1) is 0 Å². The molecule has 0 unspecified atom stereocenters. The molecule has 12 rings (SSSR count). The monoisotopic (exact) mass is 777 g/mol. The van der Waals surface area contributed by atoms with Gasteiger partial charge in [0.25, 0.3) is 0 Å². The fourth-order valence-electron chi connectivity index (χ4n) is 10.2. The minimum atomic E-state index is -0.541. The smallest absolute Gasteiger partial charge is 0.135 e. The lowest BCUT2D eigenvalue weighted by Gasteiger charge is -2.35. The van der Waals surface area contributed by atoms with Gasteiger partial charge in [0.1, 0.15) is 11.2 Å². The molecule has 0 atom stereocenters. The summed E-state index contributed by atoms with van der Waals surface area (Å²) in [6, 6.07) is 86.2. The number of anilines is 3. The van der Waals surface area contributed by atoms with Crippen LogP contribution < -0.4 is 4.90 Å². The Morgan fingerprint density at radius 2 is 0.902 bits per heavy atom. The van der Waals surface area contributed by atoms with Crippen LogP contribution in [0.25, 0.3) is 66.1 Å². The maximum atomic E-state index is 6.39. The van der Waals surface area contributed by atoms with Crippen molar-refractivity contribution in [2.24, 2.45) is 0 Å². The van der Waals surface area contributed by atoms with Crippen molar-refractivity contribution in [3.63, 3.8) is 0 Å². The van der Waals surface area contributed by atoms with Gasteiger partial charge >= 0.3 is 0 Å². The molecule has 1 heterocycles. The van der Waals surface area contributed by atoms with E-state index in [1.807, 2.05) is 6.07 Å². The lowest BCUT2D eigenvalue weighted by Crippen LogP contribution is -2.28. The molecule has 10 aromatic carbocycles. The number of para-hydroxylation sites is 2. The molecule has 2 nitrogen and oxygen atoms in total. The van der Waals surface area contributed by atoms with E-state index in [9.17, 15) is 0 Å². The van der Waals surface area contributed by atoms with Crippen molar-refractivity contribution in [3.8, 4) is 33.4 Å². The van der Waals surface area contributed by atoms with Crippen molar-refractivity contribution < 1.29 is 4.42 Å². The maximum Gasteiger partial charge on any atom is 0.135 e. The summed E-state index contributed by atoms with van der Waals surface area (Å²) in [5.41, 5.74) is 16.8. The zero-order chi connectivity index (χ0) is 40.3. The highest BCUT2D eigenvalue weighted by molar-refractivity contribution is 6.10. The quantitative estimate of drug-likeness (QED) is 0.160. The summed E-state index contributed by atoms with van der Waals surface area (Å²) in [5, 5.41) is 4.63. The summed E-state index contributed by atoms with van der Waals surface area (Å²) in [4.78, 5) is 2.45. The second-order valence-electron chi connectivity index (χ2n) is 16.0. The van der Waals surface area contributed by atoms with Crippen molar-refractivity contribution in [3.05, 3.63) is 259 Å². The molecule has 0 saturated heterocycles. The summed E-state index contributed by atoms with van der Waals surface area (Å²) in [6.07, 6.45) is 0. The Bertz CT molecular complexity index is 3380. The van der Waals surface area contributed by atoms with Crippen molar-refractivity contribution in [2.75, 3.05) is 4.90 Å². The van der Waals surface area contributed by atoms with Crippen molar-refractivity contribution >= 4 is 49.8 Å². The van der Waals surface area contributed by atoms with Gasteiger partial charge in [0.15, 0.2) is 0 Å². The van der Waals surface area contributed by atoms with E-state index in [2.05, 4.69) is 235 Å². The summed E-state index contributed by atoms with van der Waals surface area (Å²) in [5.74, 6) is 0. The molecule has 0 bridgehead atoms. The van der Waals surface area contributed by atoms with Crippen LogP contribution in [0.4, 0.5) is 17.1 Å². The second-order valence-corrected chi connectivity index (χ2v) is 16.0. The normalized spacial score (nSPS) is 12.7. The highest BCUT2D eigenvalue weighted by Crippen LogP contribution is 2.57. The molecule has 0 N–H and O–H groups in total. The predicted octanol–water partition coefficient (Wildman–Crippen LogP) is 15.9. The fraction of sp³-hybridized carbons (Fsp3) is 0.0169. The van der Waals surface area contributed by atoms with Gasteiger partial charge in [-0.05, 0) is 103 Å². The van der Waals surface area contributed by atoms with Gasteiger partial charge in [-0.3, -0.25) is 0 Å². The lowest BCUT2D eigenvalue weighted by molar-refractivity contribution is 0.669. The molecule has 11 aromatic rings. The van der Waals surface area contributed by atoms with Gasteiger partial charge in [-0.2, -0.15) is 0 Å². The third-order valence-corrected chi connectivity index (χ3v) is 12.7. The van der Waals surface area contributed by atoms with Crippen molar-refractivity contribution in [1.29, 1.82) is 0 Å². The van der Waals surface area contributed by atoms with E-state index < -0.39 is 5.41 Å². The standard InChI is InChI=1S/C59H39NO/c1-3-18-40(19-4-1)46-30-15-20-41-21-16-31-51(58(41)46)49-28-9-13-34-55(49)60(45-36-37-57-52(39-45)50-29-10-14-35-56(50)61-57)44-25-17-24-43(38-44)59(42-22-5-2-6-23-42)53-32-11-7-26-47(53)48-27-8-12-33-54(48)59/h1-39H. The molecule has 286 valence electrons. The summed E-state index contributed by atoms with van der Waals surface area (Å²) >= 11 is 0. The fourth-order valence-corrected chi connectivity index (χ4v) is 10.2. The van der Waals surface area contributed by atoms with Gasteiger partial charge in [0.2, 0.25) is 0 Å². The molecule has 1 aromatic heterocycles. The first-order valence-corrected chi connectivity index (χ1v) is 21.0. The average Bonchev–Trinajstić information content (AvgIpc) is 3.86. The van der Waals surface area contributed by atoms with E-state index in [1.165, 1.54) is 60.8 Å². The molecule has 2 heteroatoms. The third-order valence-electron chi connectivity index (χ3n) is 12.7. The first-order chi connectivity index (χ1) is 30.3. The number of furan rings is 1. The van der Waals surface area contributed by atoms with Crippen LogP contribution in [-0.4, -0.2) is 0 Å². The van der Waals surface area contributed by atoms with Crippen LogP contribution >= 0.6 is 0 Å². The Balaban J connectivity index is 1.14. The molecular formula is C59H39NO. The van der Waals surface area contributed by atoms with Crippen molar-refractivity contribution in [2.45, 2.75) is 5.41 Å². The van der Waals surface area contributed by atoms with Crippen LogP contribution in [0.2, 0.25) is 0 Å². The zero-order valence-electron chi connectivity index (χ0n) is 33.4. The SMILES string of the molecule is c1ccc(-c2cccc3cccc(-c4ccccc4N(c4cccc(C5(c6ccccc6)c6ccccc6-c6ccccc65)c4)c4ccc5oc6ccccc6c5c4)c23)cc1. The minimum absolute atomic E-state index is 0.541. The molecule has 61 heavy (non-hydrogen) atoms. The summed E-state index contributed by atoms with van der Waals surface area (Å²) < 4.78 is 6.39. The molecule has 1 aliphatic carbocycles. The highest BCUT2D eigenvalue weighted by atomic mass is 16.3. The van der Waals surface area contributed by atoms with Crippen LogP contribution in [0.15, 0.2) is 241 Å². The molecule has 0 radical (unpaired) electrons. The number of fused-ring (bicyclic) bond motifs is 7. The van der Waals surface area contributed by atoms with Gasteiger partial charge < -0.3 is 9.32 Å². The average molecular weight is 778 g/mol. The summed E-state index contributed by atoms with van der Waals surface area (Å²) in [7, 11) is 0. The maximum absolute atomic E-state index is 6.39. The Morgan fingerprint density at radius 1 is 0.344 bits per heavy atom. The molecular weight excluding hydrogens is 739 g/mol. The van der Waals surface area contributed by atoms with Gasteiger partial charge in [0, 0.05) is 27.7 Å². The molecule has 0 amide bonds. The molecule has 0 spiro atoms. The van der Waals surface area contributed by atoms with Crippen LogP contribution in [0.1, 0.15) is 22.3 Å². The molecule has 0 fully saturated rings.